The molecular formula is C10H12F2N2O6. The van der Waals surface area contributed by atoms with Crippen LogP contribution in [0, 0.1) is 5.82 Å². The van der Waals surface area contributed by atoms with Gasteiger partial charge in [0.1, 0.15) is 12.2 Å². The van der Waals surface area contributed by atoms with Gasteiger partial charge in [-0.25, -0.2) is 9.36 Å². The number of rotatable bonds is 2. The SMILES string of the molecule is C[C@@]1(O)[C@H](O)[C@@H](CO)O[C@@]1(F)n1cc(F)c(=O)[nH]c1=O. The molecule has 0 radical (unpaired) electrons. The lowest BCUT2D eigenvalue weighted by molar-refractivity contribution is -0.274. The molecular weight excluding hydrogens is 282 g/mol. The smallest absolute Gasteiger partial charge is 0.333 e. The number of ether oxygens (including phenoxy) is 1. The second-order valence-electron chi connectivity index (χ2n) is 4.60. The highest BCUT2D eigenvalue weighted by Gasteiger charge is 2.65. The van der Waals surface area contributed by atoms with Crippen LogP contribution in [0.2, 0.25) is 0 Å². The van der Waals surface area contributed by atoms with Crippen molar-refractivity contribution < 1.29 is 28.8 Å². The summed E-state index contributed by atoms with van der Waals surface area (Å²) in [5, 5.41) is 28.6. The summed E-state index contributed by atoms with van der Waals surface area (Å²) in [4.78, 5) is 23.9. The molecule has 8 nitrogen and oxygen atoms in total. The summed E-state index contributed by atoms with van der Waals surface area (Å²) in [5.74, 6) is -4.84. The van der Waals surface area contributed by atoms with E-state index < -0.39 is 47.5 Å². The Balaban J connectivity index is 2.65. The summed E-state index contributed by atoms with van der Waals surface area (Å²) in [5.41, 5.74) is -5.41. The first-order valence-electron chi connectivity index (χ1n) is 5.55. The molecule has 1 saturated heterocycles. The normalized spacial score (nSPS) is 37.3. The number of halogens is 2. The number of nitrogens with one attached hydrogen (secondary N) is 1. The van der Waals surface area contributed by atoms with Crippen LogP contribution in [0.1, 0.15) is 6.92 Å². The first-order valence-corrected chi connectivity index (χ1v) is 5.55. The van der Waals surface area contributed by atoms with Crippen molar-refractivity contribution in [2.24, 2.45) is 0 Å². The van der Waals surface area contributed by atoms with E-state index in [1.165, 1.54) is 4.98 Å². The Kier molecular flexibility index (Phi) is 3.29. The zero-order chi connectivity index (χ0) is 15.3. The summed E-state index contributed by atoms with van der Waals surface area (Å²) in [6, 6.07) is 0. The van der Waals surface area contributed by atoms with Crippen LogP contribution in [0.25, 0.3) is 0 Å². The lowest BCUT2D eigenvalue weighted by Gasteiger charge is -2.32. The highest BCUT2D eigenvalue weighted by Crippen LogP contribution is 2.43. The van der Waals surface area contributed by atoms with E-state index >= 15 is 0 Å². The fraction of sp³-hybridized carbons (Fsp3) is 0.600. The van der Waals surface area contributed by atoms with E-state index in [0.717, 1.165) is 6.92 Å². The van der Waals surface area contributed by atoms with E-state index in [0.29, 0.717) is 0 Å². The van der Waals surface area contributed by atoms with Crippen molar-refractivity contribution in [2.45, 2.75) is 30.7 Å². The van der Waals surface area contributed by atoms with Gasteiger partial charge in [0, 0.05) is 0 Å². The van der Waals surface area contributed by atoms with E-state index in [2.05, 4.69) is 4.74 Å². The third-order valence-corrected chi connectivity index (χ3v) is 3.25. The molecule has 0 aromatic carbocycles. The van der Waals surface area contributed by atoms with Crippen LogP contribution in [0.3, 0.4) is 0 Å². The largest absolute Gasteiger partial charge is 0.394 e. The molecule has 10 heteroatoms. The summed E-state index contributed by atoms with van der Waals surface area (Å²) in [7, 11) is 0. The predicted molar refractivity (Wildman–Crippen MR) is 59.0 cm³/mol. The van der Waals surface area contributed by atoms with Gasteiger partial charge in [-0.1, -0.05) is 0 Å². The molecule has 1 aromatic heterocycles. The van der Waals surface area contributed by atoms with Gasteiger partial charge in [0.15, 0.2) is 5.60 Å². The Bertz CT molecular complexity index is 641. The average Bonchev–Trinajstić information content (AvgIpc) is 2.55. The molecule has 112 valence electrons. The van der Waals surface area contributed by atoms with Gasteiger partial charge in [0.25, 0.3) is 5.56 Å². The van der Waals surface area contributed by atoms with Crippen LogP contribution < -0.4 is 11.2 Å². The Morgan fingerprint density at radius 2 is 2.15 bits per heavy atom. The molecule has 0 aliphatic carbocycles. The molecule has 0 unspecified atom stereocenters. The van der Waals surface area contributed by atoms with Crippen molar-refractivity contribution in [1.82, 2.24) is 9.55 Å². The number of hydrogen-bond acceptors (Lipinski definition) is 6. The van der Waals surface area contributed by atoms with E-state index in [9.17, 15) is 28.6 Å². The first kappa shape index (κ1) is 14.8. The van der Waals surface area contributed by atoms with Crippen LogP contribution in [0.5, 0.6) is 0 Å². The molecule has 1 aliphatic rings. The average molecular weight is 294 g/mol. The summed E-state index contributed by atoms with van der Waals surface area (Å²) in [6.45, 7) is -0.0354. The third-order valence-electron chi connectivity index (χ3n) is 3.25. The highest BCUT2D eigenvalue weighted by atomic mass is 19.2. The van der Waals surface area contributed by atoms with E-state index in [4.69, 9.17) is 5.11 Å². The number of alkyl halides is 1. The van der Waals surface area contributed by atoms with Crippen LogP contribution in [-0.2, 0) is 10.7 Å². The van der Waals surface area contributed by atoms with Gasteiger partial charge in [-0.3, -0.25) is 9.78 Å². The number of hydrogen-bond donors (Lipinski definition) is 4. The van der Waals surface area contributed by atoms with Gasteiger partial charge in [-0.05, 0) is 6.92 Å². The highest BCUT2D eigenvalue weighted by molar-refractivity contribution is 5.05. The predicted octanol–water partition coefficient (Wildman–Crippen LogP) is -2.24. The third kappa shape index (κ3) is 1.80. The van der Waals surface area contributed by atoms with Crippen molar-refractivity contribution in [3.8, 4) is 0 Å². The van der Waals surface area contributed by atoms with Crippen LogP contribution in [-0.4, -0.2) is 49.3 Å². The second kappa shape index (κ2) is 4.45. The van der Waals surface area contributed by atoms with Gasteiger partial charge in [0.05, 0.1) is 12.8 Å². The van der Waals surface area contributed by atoms with Gasteiger partial charge in [0.2, 0.25) is 5.82 Å². The van der Waals surface area contributed by atoms with E-state index in [1.807, 2.05) is 0 Å². The summed E-state index contributed by atoms with van der Waals surface area (Å²) >= 11 is 0. The quantitative estimate of drug-likeness (QED) is 0.489. The van der Waals surface area contributed by atoms with Gasteiger partial charge >= 0.3 is 11.7 Å². The number of aliphatic hydroxyl groups excluding tert-OH is 2. The fourth-order valence-corrected chi connectivity index (χ4v) is 2.03. The number of H-pyrrole nitrogens is 1. The standard InChI is InChI=1S/C10H12F2N2O6/c1-9(19)6(16)5(3-15)20-10(9,12)14-2-4(11)7(17)13-8(14)18/h2,5-6,15-16,19H,3H2,1H3,(H,13,17,18)/t5-,6-,9-,10+/m1/s1. The molecule has 4 atom stereocenters. The van der Waals surface area contributed by atoms with Gasteiger partial charge < -0.3 is 20.1 Å². The fourth-order valence-electron chi connectivity index (χ4n) is 2.03. The number of aliphatic hydroxyl groups is 3. The summed E-state index contributed by atoms with van der Waals surface area (Å²) < 4.78 is 32.6. The second-order valence-corrected chi connectivity index (χ2v) is 4.60. The maximum atomic E-state index is 14.8. The Labute approximate surface area is 109 Å². The Hall–Kier alpha value is -1.62. The van der Waals surface area contributed by atoms with Crippen molar-refractivity contribution in [3.05, 3.63) is 32.9 Å². The molecule has 1 fully saturated rings. The Morgan fingerprint density at radius 3 is 2.65 bits per heavy atom. The zero-order valence-corrected chi connectivity index (χ0v) is 10.2. The van der Waals surface area contributed by atoms with Crippen molar-refractivity contribution >= 4 is 0 Å². The number of nitrogens with zero attached hydrogens (tertiary/aromatic N) is 1. The molecule has 0 saturated carbocycles. The van der Waals surface area contributed by atoms with Crippen molar-refractivity contribution in [1.29, 1.82) is 0 Å². The van der Waals surface area contributed by atoms with Crippen LogP contribution in [0.4, 0.5) is 8.78 Å². The maximum absolute atomic E-state index is 14.8. The van der Waals surface area contributed by atoms with E-state index in [1.54, 1.807) is 0 Å². The van der Waals surface area contributed by atoms with Gasteiger partial charge in [-0.15, -0.1) is 0 Å². The molecule has 20 heavy (non-hydrogen) atoms. The van der Waals surface area contributed by atoms with Gasteiger partial charge in [-0.2, -0.15) is 8.78 Å². The Morgan fingerprint density at radius 1 is 1.55 bits per heavy atom. The first-order chi connectivity index (χ1) is 9.15. The minimum absolute atomic E-state index is 0.0252. The number of aromatic amines is 1. The molecule has 4 N–H and O–H groups in total. The molecule has 0 amide bonds. The minimum atomic E-state index is -3.36. The van der Waals surface area contributed by atoms with Crippen LogP contribution in [0.15, 0.2) is 15.8 Å². The lowest BCUT2D eigenvalue weighted by atomic mass is 9.95. The lowest BCUT2D eigenvalue weighted by Crippen LogP contribution is -2.56. The topological polar surface area (TPSA) is 125 Å². The molecule has 1 aromatic rings. The van der Waals surface area contributed by atoms with Crippen molar-refractivity contribution in [3.63, 3.8) is 0 Å². The monoisotopic (exact) mass is 294 g/mol. The molecule has 1 aliphatic heterocycles. The number of aromatic nitrogens is 2. The zero-order valence-electron chi connectivity index (χ0n) is 10.2. The van der Waals surface area contributed by atoms with Crippen molar-refractivity contribution in [2.75, 3.05) is 6.61 Å². The molecule has 0 spiro atoms. The summed E-state index contributed by atoms with van der Waals surface area (Å²) in [6.07, 6.45) is -3.20. The minimum Gasteiger partial charge on any atom is -0.394 e. The molecule has 2 rings (SSSR count). The van der Waals surface area contributed by atoms with E-state index in [-0.39, 0.29) is 10.8 Å². The molecule has 2 heterocycles. The van der Waals surface area contributed by atoms with Crippen LogP contribution >= 0.6 is 0 Å². The maximum Gasteiger partial charge on any atom is 0.333 e. The molecule has 0 bridgehead atoms.